The average Bonchev–Trinajstić information content (AvgIpc) is 2.38. The zero-order chi connectivity index (χ0) is 13.2. The molecule has 2 saturated carbocycles. The monoisotopic (exact) mass is 252 g/mol. The van der Waals surface area contributed by atoms with Crippen LogP contribution in [0.2, 0.25) is 0 Å². The van der Waals surface area contributed by atoms with Gasteiger partial charge in [-0.2, -0.15) is 0 Å². The minimum Gasteiger partial charge on any atom is -0.315 e. The number of hydrogen-bond donors (Lipinski definition) is 1. The van der Waals surface area contributed by atoms with Crippen LogP contribution in [0.25, 0.3) is 0 Å². The van der Waals surface area contributed by atoms with Crippen molar-refractivity contribution >= 4 is 0 Å². The quantitative estimate of drug-likeness (QED) is 0.828. The molecule has 106 valence electrons. The van der Waals surface area contributed by atoms with E-state index in [0.717, 1.165) is 12.1 Å². The minimum absolute atomic E-state index is 0.529. The van der Waals surface area contributed by atoms with E-state index < -0.39 is 0 Å². The predicted octanol–water partition coefficient (Wildman–Crippen LogP) is 3.42. The maximum Gasteiger partial charge on any atom is 0.0254 e. The molecule has 18 heavy (non-hydrogen) atoms. The molecule has 2 atom stereocenters. The molecule has 0 amide bonds. The summed E-state index contributed by atoms with van der Waals surface area (Å²) in [7, 11) is 4.52. The van der Waals surface area contributed by atoms with Gasteiger partial charge in [-0.15, -0.1) is 0 Å². The van der Waals surface area contributed by atoms with Gasteiger partial charge >= 0.3 is 0 Å². The topological polar surface area (TPSA) is 15.3 Å². The lowest BCUT2D eigenvalue weighted by Crippen LogP contribution is -2.55. The van der Waals surface area contributed by atoms with E-state index in [2.05, 4.69) is 38.2 Å². The second kappa shape index (κ2) is 5.92. The standard InChI is InChI=1S/C16H32N2/c1-16(2)11-10-14(17-3)15(12-16)18(4)13-8-6-5-7-9-13/h13-15,17H,5-12H2,1-4H3. The smallest absolute Gasteiger partial charge is 0.0254 e. The summed E-state index contributed by atoms with van der Waals surface area (Å²) in [5.74, 6) is 0. The van der Waals surface area contributed by atoms with Gasteiger partial charge < -0.3 is 5.32 Å². The summed E-state index contributed by atoms with van der Waals surface area (Å²) < 4.78 is 0. The fourth-order valence-electron chi connectivity index (χ4n) is 4.07. The molecule has 0 saturated heterocycles. The van der Waals surface area contributed by atoms with Crippen LogP contribution in [0.5, 0.6) is 0 Å². The van der Waals surface area contributed by atoms with Crippen molar-refractivity contribution in [2.24, 2.45) is 5.41 Å². The molecule has 2 fully saturated rings. The molecule has 2 aliphatic carbocycles. The third kappa shape index (κ3) is 3.27. The third-order valence-corrected chi connectivity index (χ3v) is 5.40. The van der Waals surface area contributed by atoms with Crippen molar-refractivity contribution in [3.05, 3.63) is 0 Å². The normalized spacial score (nSPS) is 33.8. The molecule has 1 N–H and O–H groups in total. The summed E-state index contributed by atoms with van der Waals surface area (Å²) in [6, 6.07) is 2.28. The first-order valence-electron chi connectivity index (χ1n) is 7.93. The molecular formula is C16H32N2. The Labute approximate surface area is 114 Å². The summed E-state index contributed by atoms with van der Waals surface area (Å²) in [5.41, 5.74) is 0.529. The van der Waals surface area contributed by atoms with Crippen molar-refractivity contribution < 1.29 is 0 Å². The number of likely N-dealkylation sites (N-methyl/N-ethyl adjacent to an activating group) is 2. The Balaban J connectivity index is 2.02. The van der Waals surface area contributed by atoms with Crippen LogP contribution >= 0.6 is 0 Å². The molecule has 0 radical (unpaired) electrons. The van der Waals surface area contributed by atoms with E-state index in [0.29, 0.717) is 11.5 Å². The molecule has 0 heterocycles. The molecule has 2 rings (SSSR count). The van der Waals surface area contributed by atoms with Crippen molar-refractivity contribution in [1.29, 1.82) is 0 Å². The van der Waals surface area contributed by atoms with Crippen LogP contribution in [0.15, 0.2) is 0 Å². The van der Waals surface area contributed by atoms with E-state index >= 15 is 0 Å². The van der Waals surface area contributed by atoms with Crippen LogP contribution in [0.3, 0.4) is 0 Å². The molecule has 0 aromatic heterocycles. The van der Waals surface area contributed by atoms with Crippen LogP contribution in [0.1, 0.15) is 65.2 Å². The zero-order valence-corrected chi connectivity index (χ0v) is 12.8. The van der Waals surface area contributed by atoms with Crippen molar-refractivity contribution in [2.75, 3.05) is 14.1 Å². The van der Waals surface area contributed by atoms with Gasteiger partial charge in [0.25, 0.3) is 0 Å². The lowest BCUT2D eigenvalue weighted by Gasteiger charge is -2.48. The van der Waals surface area contributed by atoms with Crippen molar-refractivity contribution in [3.8, 4) is 0 Å². The Morgan fingerprint density at radius 2 is 1.72 bits per heavy atom. The number of rotatable bonds is 3. The van der Waals surface area contributed by atoms with E-state index in [1.54, 1.807) is 0 Å². The van der Waals surface area contributed by atoms with Crippen LogP contribution in [-0.4, -0.2) is 37.1 Å². The molecule has 2 aliphatic rings. The molecule has 0 aromatic carbocycles. The van der Waals surface area contributed by atoms with Crippen LogP contribution in [0, 0.1) is 5.41 Å². The highest BCUT2D eigenvalue weighted by Gasteiger charge is 2.38. The largest absolute Gasteiger partial charge is 0.315 e. The van der Waals surface area contributed by atoms with Gasteiger partial charge in [0.15, 0.2) is 0 Å². The van der Waals surface area contributed by atoms with Crippen LogP contribution in [0.4, 0.5) is 0 Å². The number of hydrogen-bond acceptors (Lipinski definition) is 2. The molecule has 0 bridgehead atoms. The van der Waals surface area contributed by atoms with Gasteiger partial charge in [0.2, 0.25) is 0 Å². The zero-order valence-electron chi connectivity index (χ0n) is 12.8. The first-order valence-corrected chi connectivity index (χ1v) is 7.93. The Kier molecular flexibility index (Phi) is 4.71. The molecule has 2 nitrogen and oxygen atoms in total. The maximum absolute atomic E-state index is 3.57. The molecule has 2 heteroatoms. The second-order valence-corrected chi connectivity index (χ2v) is 7.33. The van der Waals surface area contributed by atoms with Crippen molar-refractivity contribution in [3.63, 3.8) is 0 Å². The van der Waals surface area contributed by atoms with Crippen molar-refractivity contribution in [2.45, 2.75) is 83.3 Å². The Morgan fingerprint density at radius 3 is 2.33 bits per heavy atom. The molecule has 0 aromatic rings. The number of nitrogens with one attached hydrogen (secondary N) is 1. The Morgan fingerprint density at radius 1 is 1.06 bits per heavy atom. The summed E-state index contributed by atoms with van der Waals surface area (Å²) in [4.78, 5) is 2.72. The van der Waals surface area contributed by atoms with Gasteiger partial charge in [0, 0.05) is 18.1 Å². The van der Waals surface area contributed by atoms with Gasteiger partial charge in [0.05, 0.1) is 0 Å². The van der Waals surface area contributed by atoms with E-state index in [1.165, 1.54) is 51.4 Å². The fourth-order valence-corrected chi connectivity index (χ4v) is 4.07. The minimum atomic E-state index is 0.529. The summed E-state index contributed by atoms with van der Waals surface area (Å²) in [6.45, 7) is 4.89. The summed E-state index contributed by atoms with van der Waals surface area (Å²) in [5, 5.41) is 3.57. The van der Waals surface area contributed by atoms with Crippen LogP contribution < -0.4 is 5.32 Å². The molecule has 2 unspecified atom stereocenters. The van der Waals surface area contributed by atoms with E-state index in [-0.39, 0.29) is 0 Å². The van der Waals surface area contributed by atoms with E-state index in [9.17, 15) is 0 Å². The average molecular weight is 252 g/mol. The highest BCUT2D eigenvalue weighted by molar-refractivity contribution is 4.95. The Bertz CT molecular complexity index is 256. The molecule has 0 aliphatic heterocycles. The van der Waals surface area contributed by atoms with Gasteiger partial charge in [-0.05, 0) is 51.6 Å². The molecule has 0 spiro atoms. The highest BCUT2D eigenvalue weighted by Crippen LogP contribution is 2.38. The third-order valence-electron chi connectivity index (χ3n) is 5.40. The maximum atomic E-state index is 3.57. The van der Waals surface area contributed by atoms with Crippen molar-refractivity contribution in [1.82, 2.24) is 10.2 Å². The summed E-state index contributed by atoms with van der Waals surface area (Å²) >= 11 is 0. The van der Waals surface area contributed by atoms with E-state index in [1.807, 2.05) is 0 Å². The molecular weight excluding hydrogens is 220 g/mol. The predicted molar refractivity (Wildman–Crippen MR) is 78.9 cm³/mol. The van der Waals surface area contributed by atoms with Gasteiger partial charge in [-0.3, -0.25) is 4.90 Å². The lowest BCUT2D eigenvalue weighted by molar-refractivity contribution is 0.0452. The van der Waals surface area contributed by atoms with Crippen LogP contribution in [-0.2, 0) is 0 Å². The van der Waals surface area contributed by atoms with E-state index in [4.69, 9.17) is 0 Å². The lowest BCUT2D eigenvalue weighted by atomic mass is 9.72. The fraction of sp³-hybridized carbons (Fsp3) is 1.00. The SMILES string of the molecule is CNC1CCC(C)(C)CC1N(C)C1CCCCC1. The number of nitrogens with zero attached hydrogens (tertiary/aromatic N) is 1. The second-order valence-electron chi connectivity index (χ2n) is 7.33. The first kappa shape index (κ1) is 14.3. The Hall–Kier alpha value is -0.0800. The van der Waals surface area contributed by atoms with Gasteiger partial charge in [-0.25, -0.2) is 0 Å². The summed E-state index contributed by atoms with van der Waals surface area (Å²) in [6.07, 6.45) is 11.2. The van der Waals surface area contributed by atoms with Gasteiger partial charge in [0.1, 0.15) is 0 Å². The van der Waals surface area contributed by atoms with Gasteiger partial charge in [-0.1, -0.05) is 33.1 Å². The first-order chi connectivity index (χ1) is 8.53. The highest BCUT2D eigenvalue weighted by atomic mass is 15.2.